The average Bonchev–Trinajstić information content (AvgIpc) is 3.23. The Kier molecular flexibility index (Phi) is 5.71. The van der Waals surface area contributed by atoms with E-state index in [2.05, 4.69) is 27.2 Å². The van der Waals surface area contributed by atoms with Gasteiger partial charge in [-0.15, -0.1) is 0 Å². The lowest BCUT2D eigenvalue weighted by atomic mass is 9.93. The molecule has 1 unspecified atom stereocenters. The number of carbonyl (C=O) groups excluding carboxylic acids is 1. The number of rotatable bonds is 5. The summed E-state index contributed by atoms with van der Waals surface area (Å²) < 4.78 is 10.6. The summed E-state index contributed by atoms with van der Waals surface area (Å²) in [7, 11) is 1.64. The maximum Gasteiger partial charge on any atom is 0.241 e. The van der Waals surface area contributed by atoms with E-state index in [1.165, 1.54) is 0 Å². The fourth-order valence-corrected chi connectivity index (χ4v) is 3.77. The number of methoxy groups -OCH3 is 1. The van der Waals surface area contributed by atoms with Gasteiger partial charge in [-0.05, 0) is 43.5 Å². The fraction of sp³-hybridized carbons (Fsp3) is 0.476. The lowest BCUT2D eigenvalue weighted by molar-refractivity contribution is -0.137. The summed E-state index contributed by atoms with van der Waals surface area (Å²) in [6, 6.07) is 7.59. The molecule has 1 aromatic heterocycles. The zero-order valence-corrected chi connectivity index (χ0v) is 16.2. The van der Waals surface area contributed by atoms with Gasteiger partial charge in [0.1, 0.15) is 5.75 Å². The summed E-state index contributed by atoms with van der Waals surface area (Å²) in [5.41, 5.74) is 0.896. The van der Waals surface area contributed by atoms with Crippen LogP contribution in [-0.2, 0) is 11.3 Å². The van der Waals surface area contributed by atoms with Gasteiger partial charge in [0, 0.05) is 37.7 Å². The van der Waals surface area contributed by atoms with Crippen LogP contribution < -0.4 is 4.74 Å². The van der Waals surface area contributed by atoms with Crippen molar-refractivity contribution in [2.45, 2.75) is 25.8 Å². The highest BCUT2D eigenvalue weighted by Gasteiger charge is 2.27. The van der Waals surface area contributed by atoms with Gasteiger partial charge >= 0.3 is 0 Å². The van der Waals surface area contributed by atoms with E-state index in [9.17, 15) is 4.79 Å². The number of hydrogen-bond acceptors (Lipinski definition) is 6. The Morgan fingerprint density at radius 1 is 1.18 bits per heavy atom. The van der Waals surface area contributed by atoms with E-state index in [-0.39, 0.29) is 5.92 Å². The fourth-order valence-electron chi connectivity index (χ4n) is 3.77. The molecule has 2 heterocycles. The second-order valence-electron chi connectivity index (χ2n) is 7.32. The van der Waals surface area contributed by atoms with Crippen molar-refractivity contribution in [3.63, 3.8) is 0 Å². The van der Waals surface area contributed by atoms with E-state index in [1.54, 1.807) is 7.11 Å². The molecule has 1 atom stereocenters. The number of hydrogen-bond donors (Lipinski definition) is 0. The minimum Gasteiger partial charge on any atom is -0.497 e. The van der Waals surface area contributed by atoms with Gasteiger partial charge in [-0.1, -0.05) is 17.3 Å². The summed E-state index contributed by atoms with van der Waals surface area (Å²) in [6.45, 7) is 3.79. The van der Waals surface area contributed by atoms with Crippen LogP contribution in [0.4, 0.5) is 0 Å². The number of piperazine rings is 1. The Hall–Kier alpha value is -2.67. The molecule has 1 fully saturated rings. The molecule has 4 rings (SSSR count). The quantitative estimate of drug-likeness (QED) is 0.741. The van der Waals surface area contributed by atoms with Gasteiger partial charge in [0.2, 0.25) is 17.6 Å². The number of amides is 1. The third-order valence-corrected chi connectivity index (χ3v) is 5.48. The average molecular weight is 382 g/mol. The van der Waals surface area contributed by atoms with Crippen molar-refractivity contribution >= 4 is 5.91 Å². The van der Waals surface area contributed by atoms with Crippen LogP contribution in [-0.4, -0.2) is 59.1 Å². The lowest BCUT2D eigenvalue weighted by Crippen LogP contribution is -2.50. The Morgan fingerprint density at radius 3 is 2.64 bits per heavy atom. The second kappa shape index (κ2) is 8.56. The molecule has 1 amide bonds. The van der Waals surface area contributed by atoms with E-state index in [1.807, 2.05) is 29.2 Å². The van der Waals surface area contributed by atoms with E-state index < -0.39 is 0 Å². The van der Waals surface area contributed by atoms with Crippen LogP contribution in [0.3, 0.4) is 0 Å². The molecule has 1 saturated heterocycles. The standard InChI is InChI=1S/C21H26N4O3/c1-27-18-9-7-16(8-10-18)20-22-19(28-23-20)15-24-11-13-25(14-12-24)21(26)17-5-3-2-4-6-17/h2-3,7-10,17H,4-6,11-15H2,1H3. The van der Waals surface area contributed by atoms with E-state index in [0.29, 0.717) is 24.2 Å². The molecule has 2 aromatic rings. The second-order valence-corrected chi connectivity index (χ2v) is 7.32. The van der Waals surface area contributed by atoms with Crippen LogP contribution in [0, 0.1) is 5.92 Å². The van der Waals surface area contributed by atoms with Gasteiger partial charge in [0.15, 0.2) is 0 Å². The number of ether oxygens (including phenoxy) is 1. The molecule has 0 saturated carbocycles. The number of nitrogens with zero attached hydrogens (tertiary/aromatic N) is 4. The number of allylic oxidation sites excluding steroid dienone is 2. The maximum absolute atomic E-state index is 12.6. The van der Waals surface area contributed by atoms with Crippen molar-refractivity contribution < 1.29 is 14.1 Å². The zero-order chi connectivity index (χ0) is 19.3. The molecule has 0 radical (unpaired) electrons. The Bertz CT molecular complexity index is 822. The molecular weight excluding hydrogens is 356 g/mol. The highest BCUT2D eigenvalue weighted by atomic mass is 16.5. The molecule has 28 heavy (non-hydrogen) atoms. The third kappa shape index (κ3) is 4.25. The molecule has 0 N–H and O–H groups in total. The monoisotopic (exact) mass is 382 g/mol. The molecule has 1 aliphatic carbocycles. The normalized spacial score (nSPS) is 20.3. The van der Waals surface area contributed by atoms with Gasteiger partial charge in [-0.25, -0.2) is 0 Å². The highest BCUT2D eigenvalue weighted by molar-refractivity contribution is 5.79. The molecule has 148 valence electrons. The van der Waals surface area contributed by atoms with Crippen molar-refractivity contribution in [3.8, 4) is 17.1 Å². The van der Waals surface area contributed by atoms with Crippen molar-refractivity contribution in [2.24, 2.45) is 5.92 Å². The molecule has 0 bridgehead atoms. The first-order valence-electron chi connectivity index (χ1n) is 9.86. The highest BCUT2D eigenvalue weighted by Crippen LogP contribution is 2.22. The predicted molar refractivity (Wildman–Crippen MR) is 105 cm³/mol. The first kappa shape index (κ1) is 18.7. The molecule has 7 heteroatoms. The van der Waals surface area contributed by atoms with Gasteiger partial charge in [-0.2, -0.15) is 4.98 Å². The van der Waals surface area contributed by atoms with E-state index >= 15 is 0 Å². The summed E-state index contributed by atoms with van der Waals surface area (Å²) in [4.78, 5) is 21.4. The Labute approximate surface area is 165 Å². The largest absolute Gasteiger partial charge is 0.497 e. The summed E-state index contributed by atoms with van der Waals surface area (Å²) in [5.74, 6) is 2.45. The molecule has 7 nitrogen and oxygen atoms in total. The predicted octanol–water partition coefficient (Wildman–Crippen LogP) is 2.75. The van der Waals surface area contributed by atoms with Gasteiger partial charge < -0.3 is 14.2 Å². The summed E-state index contributed by atoms with van der Waals surface area (Å²) >= 11 is 0. The van der Waals surface area contributed by atoms with Crippen LogP contribution in [0.1, 0.15) is 25.2 Å². The molecule has 0 spiro atoms. The van der Waals surface area contributed by atoms with Crippen molar-refractivity contribution in [1.29, 1.82) is 0 Å². The zero-order valence-electron chi connectivity index (χ0n) is 16.2. The number of aromatic nitrogens is 2. The number of benzene rings is 1. The first-order chi connectivity index (χ1) is 13.7. The minimum atomic E-state index is 0.166. The number of carbonyl (C=O) groups is 1. The molecule has 1 aliphatic heterocycles. The van der Waals surface area contributed by atoms with E-state index in [4.69, 9.17) is 9.26 Å². The summed E-state index contributed by atoms with van der Waals surface area (Å²) in [5, 5.41) is 4.09. The minimum absolute atomic E-state index is 0.166. The van der Waals surface area contributed by atoms with Crippen molar-refractivity contribution in [2.75, 3.05) is 33.3 Å². The van der Waals surface area contributed by atoms with Crippen LogP contribution >= 0.6 is 0 Å². The third-order valence-electron chi connectivity index (χ3n) is 5.48. The van der Waals surface area contributed by atoms with Crippen LogP contribution in [0.15, 0.2) is 40.9 Å². The molecule has 1 aromatic carbocycles. The first-order valence-corrected chi connectivity index (χ1v) is 9.86. The van der Waals surface area contributed by atoms with Gasteiger partial charge in [0.05, 0.1) is 13.7 Å². The Morgan fingerprint density at radius 2 is 1.96 bits per heavy atom. The summed E-state index contributed by atoms with van der Waals surface area (Å²) in [6.07, 6.45) is 7.19. The topological polar surface area (TPSA) is 71.7 Å². The van der Waals surface area contributed by atoms with Crippen LogP contribution in [0.5, 0.6) is 5.75 Å². The van der Waals surface area contributed by atoms with Crippen LogP contribution in [0.2, 0.25) is 0 Å². The smallest absolute Gasteiger partial charge is 0.241 e. The van der Waals surface area contributed by atoms with Crippen molar-refractivity contribution in [3.05, 3.63) is 42.3 Å². The molecule has 2 aliphatic rings. The van der Waals surface area contributed by atoms with E-state index in [0.717, 1.165) is 56.8 Å². The SMILES string of the molecule is COc1ccc(-c2noc(CN3CCN(C(=O)C4CC=CCC4)CC3)n2)cc1. The van der Waals surface area contributed by atoms with Gasteiger partial charge in [-0.3, -0.25) is 9.69 Å². The molecular formula is C21H26N4O3. The Balaban J connectivity index is 1.29. The van der Waals surface area contributed by atoms with Crippen LogP contribution in [0.25, 0.3) is 11.4 Å². The van der Waals surface area contributed by atoms with Gasteiger partial charge in [0.25, 0.3) is 0 Å². The maximum atomic E-state index is 12.6. The van der Waals surface area contributed by atoms with Crippen molar-refractivity contribution in [1.82, 2.24) is 19.9 Å². The lowest BCUT2D eigenvalue weighted by Gasteiger charge is -2.36.